The van der Waals surface area contributed by atoms with Crippen LogP contribution < -0.4 is 4.74 Å². The van der Waals surface area contributed by atoms with E-state index in [9.17, 15) is 5.11 Å². The van der Waals surface area contributed by atoms with E-state index in [0.717, 1.165) is 11.3 Å². The van der Waals surface area contributed by atoms with Gasteiger partial charge in [-0.15, -0.1) is 0 Å². The van der Waals surface area contributed by atoms with E-state index in [1.165, 1.54) is 0 Å². The van der Waals surface area contributed by atoms with Gasteiger partial charge in [-0.1, -0.05) is 19.1 Å². The Morgan fingerprint density at radius 3 is 2.58 bits per heavy atom. The largest absolute Gasteiger partial charge is 0.497 e. The molecule has 106 valence electrons. The lowest BCUT2D eigenvalue weighted by Gasteiger charge is -2.24. The predicted molar refractivity (Wildman–Crippen MR) is 75.4 cm³/mol. The molecule has 1 aromatic carbocycles. The van der Waals surface area contributed by atoms with Crippen molar-refractivity contribution in [2.75, 3.05) is 7.11 Å². The Hall–Kier alpha value is -1.06. The molecule has 1 aliphatic rings. The summed E-state index contributed by atoms with van der Waals surface area (Å²) in [5.74, 6) is 1.42. The molecule has 19 heavy (non-hydrogen) atoms. The van der Waals surface area contributed by atoms with E-state index in [-0.39, 0.29) is 24.2 Å². The van der Waals surface area contributed by atoms with Gasteiger partial charge >= 0.3 is 0 Å². The second kappa shape index (κ2) is 5.93. The van der Waals surface area contributed by atoms with E-state index < -0.39 is 0 Å². The number of hydrogen-bond donors (Lipinski definition) is 1. The Morgan fingerprint density at radius 1 is 1.26 bits per heavy atom. The summed E-state index contributed by atoms with van der Waals surface area (Å²) in [6.07, 6.45) is 0.611. The van der Waals surface area contributed by atoms with Crippen molar-refractivity contribution in [3.63, 3.8) is 0 Å². The Morgan fingerprint density at radius 2 is 2.00 bits per heavy atom. The van der Waals surface area contributed by atoms with Crippen LogP contribution >= 0.6 is 0 Å². The first-order chi connectivity index (χ1) is 9.02. The lowest BCUT2D eigenvalue weighted by Crippen LogP contribution is -2.32. The van der Waals surface area contributed by atoms with Gasteiger partial charge in [0, 0.05) is 5.92 Å². The van der Waals surface area contributed by atoms with E-state index in [0.29, 0.717) is 12.3 Å². The number of ether oxygens (including phenoxy) is 2. The minimum atomic E-state index is -0.373. The molecular weight excluding hydrogens is 240 g/mol. The first-order valence-electron chi connectivity index (χ1n) is 6.99. The van der Waals surface area contributed by atoms with Crippen molar-refractivity contribution in [3.8, 4) is 5.75 Å². The maximum absolute atomic E-state index is 10.5. The smallest absolute Gasteiger partial charge is 0.119 e. The van der Waals surface area contributed by atoms with E-state index in [2.05, 4.69) is 20.8 Å². The SMILES string of the molecule is COc1cccc(CC(O)C2C(C)OC(C)C2C)c1. The van der Waals surface area contributed by atoms with Crippen LogP contribution in [-0.2, 0) is 11.2 Å². The zero-order chi connectivity index (χ0) is 14.0. The molecule has 0 aromatic heterocycles. The summed E-state index contributed by atoms with van der Waals surface area (Å²) < 4.78 is 11.0. The summed E-state index contributed by atoms with van der Waals surface area (Å²) >= 11 is 0. The van der Waals surface area contributed by atoms with Crippen LogP contribution in [0.2, 0.25) is 0 Å². The van der Waals surface area contributed by atoms with Crippen LogP contribution in [-0.4, -0.2) is 30.5 Å². The van der Waals surface area contributed by atoms with Gasteiger partial charge in [0.1, 0.15) is 5.75 Å². The first-order valence-corrected chi connectivity index (χ1v) is 6.99. The van der Waals surface area contributed by atoms with Crippen molar-refractivity contribution in [2.24, 2.45) is 11.8 Å². The van der Waals surface area contributed by atoms with Crippen LogP contribution in [0, 0.1) is 11.8 Å². The Labute approximate surface area is 115 Å². The molecule has 1 N–H and O–H groups in total. The van der Waals surface area contributed by atoms with Crippen molar-refractivity contribution >= 4 is 0 Å². The highest BCUT2D eigenvalue weighted by Crippen LogP contribution is 2.35. The summed E-state index contributed by atoms with van der Waals surface area (Å²) in [5.41, 5.74) is 1.10. The van der Waals surface area contributed by atoms with Crippen molar-refractivity contribution in [2.45, 2.75) is 45.5 Å². The minimum Gasteiger partial charge on any atom is -0.497 e. The number of benzene rings is 1. The summed E-state index contributed by atoms with van der Waals surface area (Å²) in [6.45, 7) is 6.30. The van der Waals surface area contributed by atoms with Gasteiger partial charge < -0.3 is 14.6 Å². The standard InChI is InChI=1S/C16H24O3/c1-10-11(2)19-12(3)16(10)15(17)9-13-6-5-7-14(8-13)18-4/h5-8,10-12,15-17H,9H2,1-4H3. The Kier molecular flexibility index (Phi) is 4.48. The van der Waals surface area contributed by atoms with E-state index >= 15 is 0 Å². The topological polar surface area (TPSA) is 38.7 Å². The maximum atomic E-state index is 10.5. The highest BCUT2D eigenvalue weighted by molar-refractivity contribution is 5.28. The van der Waals surface area contributed by atoms with Gasteiger partial charge in [0.25, 0.3) is 0 Å². The third-order valence-corrected chi connectivity index (χ3v) is 4.34. The molecule has 2 rings (SSSR count). The van der Waals surface area contributed by atoms with E-state index in [4.69, 9.17) is 9.47 Å². The van der Waals surface area contributed by atoms with Crippen LogP contribution in [0.25, 0.3) is 0 Å². The second-order valence-corrected chi connectivity index (χ2v) is 5.61. The highest BCUT2D eigenvalue weighted by atomic mass is 16.5. The molecule has 1 aliphatic heterocycles. The quantitative estimate of drug-likeness (QED) is 0.908. The highest BCUT2D eigenvalue weighted by Gasteiger charge is 2.40. The Bertz CT molecular complexity index is 418. The van der Waals surface area contributed by atoms with Crippen molar-refractivity contribution < 1.29 is 14.6 Å². The fourth-order valence-electron chi connectivity index (χ4n) is 3.13. The lowest BCUT2D eigenvalue weighted by atomic mass is 9.82. The second-order valence-electron chi connectivity index (χ2n) is 5.61. The zero-order valence-corrected chi connectivity index (χ0v) is 12.2. The fourth-order valence-corrected chi connectivity index (χ4v) is 3.13. The molecule has 0 bridgehead atoms. The molecule has 0 spiro atoms. The van der Waals surface area contributed by atoms with Crippen LogP contribution in [0.15, 0.2) is 24.3 Å². The monoisotopic (exact) mass is 264 g/mol. The van der Waals surface area contributed by atoms with Crippen molar-refractivity contribution in [1.82, 2.24) is 0 Å². The number of hydrogen-bond acceptors (Lipinski definition) is 3. The molecular formula is C16H24O3. The van der Waals surface area contributed by atoms with Gasteiger partial charge in [-0.25, -0.2) is 0 Å². The summed E-state index contributed by atoms with van der Waals surface area (Å²) in [5, 5.41) is 10.5. The zero-order valence-electron chi connectivity index (χ0n) is 12.2. The lowest BCUT2D eigenvalue weighted by molar-refractivity contribution is 0.0240. The average molecular weight is 264 g/mol. The van der Waals surface area contributed by atoms with E-state index in [1.807, 2.05) is 24.3 Å². The van der Waals surface area contributed by atoms with Gasteiger partial charge in [-0.2, -0.15) is 0 Å². The molecule has 0 radical (unpaired) electrons. The van der Waals surface area contributed by atoms with Gasteiger partial charge in [0.05, 0.1) is 25.4 Å². The van der Waals surface area contributed by atoms with Crippen LogP contribution in [0.1, 0.15) is 26.3 Å². The van der Waals surface area contributed by atoms with Crippen molar-refractivity contribution in [1.29, 1.82) is 0 Å². The molecule has 5 unspecified atom stereocenters. The molecule has 5 atom stereocenters. The van der Waals surface area contributed by atoms with Gasteiger partial charge in [-0.05, 0) is 43.9 Å². The molecule has 0 amide bonds. The molecule has 3 nitrogen and oxygen atoms in total. The van der Waals surface area contributed by atoms with Crippen LogP contribution in [0.5, 0.6) is 5.75 Å². The number of aliphatic hydroxyl groups is 1. The van der Waals surface area contributed by atoms with Crippen LogP contribution in [0.3, 0.4) is 0 Å². The molecule has 1 fully saturated rings. The Balaban J connectivity index is 2.06. The molecule has 1 heterocycles. The predicted octanol–water partition coefficient (Wildman–Crippen LogP) is 2.66. The molecule has 3 heteroatoms. The van der Waals surface area contributed by atoms with Crippen LogP contribution in [0.4, 0.5) is 0 Å². The number of aliphatic hydroxyl groups excluding tert-OH is 1. The van der Waals surface area contributed by atoms with Crippen molar-refractivity contribution in [3.05, 3.63) is 29.8 Å². The van der Waals surface area contributed by atoms with Gasteiger partial charge in [0.2, 0.25) is 0 Å². The molecule has 1 saturated heterocycles. The minimum absolute atomic E-state index is 0.116. The molecule has 0 saturated carbocycles. The van der Waals surface area contributed by atoms with Gasteiger partial charge in [-0.3, -0.25) is 0 Å². The third-order valence-electron chi connectivity index (χ3n) is 4.34. The van der Waals surface area contributed by atoms with Gasteiger partial charge in [0.15, 0.2) is 0 Å². The normalized spacial score (nSPS) is 32.3. The summed E-state index contributed by atoms with van der Waals surface area (Å²) in [6, 6.07) is 7.89. The summed E-state index contributed by atoms with van der Waals surface area (Å²) in [4.78, 5) is 0. The summed E-state index contributed by atoms with van der Waals surface area (Å²) in [7, 11) is 1.66. The first kappa shape index (κ1) is 14.4. The van der Waals surface area contributed by atoms with E-state index in [1.54, 1.807) is 7.11 Å². The number of rotatable bonds is 4. The molecule has 0 aliphatic carbocycles. The fraction of sp³-hybridized carbons (Fsp3) is 0.625. The third kappa shape index (κ3) is 3.10. The maximum Gasteiger partial charge on any atom is 0.119 e. The average Bonchev–Trinajstić information content (AvgIpc) is 2.63. The number of methoxy groups -OCH3 is 1. The molecule has 1 aromatic rings.